The van der Waals surface area contributed by atoms with Crippen molar-refractivity contribution in [3.05, 3.63) is 83.8 Å². The number of hydrogen-bond donors (Lipinski definition) is 4. The van der Waals surface area contributed by atoms with Gasteiger partial charge in [0.15, 0.2) is 5.69 Å². The highest BCUT2D eigenvalue weighted by molar-refractivity contribution is 5.98. The quantitative estimate of drug-likeness (QED) is 0.306. The average Bonchev–Trinajstić information content (AvgIpc) is 3.54. The molecule has 2 amide bonds. The Kier molecular flexibility index (Phi) is 5.33. The Morgan fingerprint density at radius 1 is 1.08 bits per heavy atom. The van der Waals surface area contributed by atoms with E-state index in [-0.39, 0.29) is 17.5 Å². The third-order valence-electron chi connectivity index (χ3n) is 6.67. The third-order valence-corrected chi connectivity index (χ3v) is 6.67. The first-order valence-electron chi connectivity index (χ1n) is 11.7. The molecule has 4 heterocycles. The van der Waals surface area contributed by atoms with Crippen LogP contribution in [0.3, 0.4) is 0 Å². The van der Waals surface area contributed by atoms with E-state index in [1.165, 1.54) is 6.33 Å². The number of aromatic amines is 2. The van der Waals surface area contributed by atoms with Gasteiger partial charge in [-0.1, -0.05) is 18.2 Å². The van der Waals surface area contributed by atoms with Crippen LogP contribution in [0.1, 0.15) is 27.4 Å². The number of hydrogen-bond acceptors (Lipinski definition) is 6. The molecular weight excluding hydrogens is 456 g/mol. The minimum absolute atomic E-state index is 0.202. The van der Waals surface area contributed by atoms with Crippen LogP contribution < -0.4 is 10.6 Å². The van der Waals surface area contributed by atoms with Crippen LogP contribution in [0, 0.1) is 0 Å². The summed E-state index contributed by atoms with van der Waals surface area (Å²) < 4.78 is 0. The van der Waals surface area contributed by atoms with Gasteiger partial charge in [0, 0.05) is 48.1 Å². The normalized spacial score (nSPS) is 15.1. The molecule has 1 atom stereocenters. The van der Waals surface area contributed by atoms with E-state index in [1.807, 2.05) is 42.5 Å². The molecule has 5 aromatic rings. The standard InChI is InChI=1S/C26H24N8O2/c1-27-25(35)23-11-17-16-4-2-3-5-18(16)33-22(17)13-34(23)26(36)24-21(31-14-32-24)12-30-15-6-7-19-20(10-15)29-9-8-28-19/h2-10,14,23,30,33H,11-13H2,1H3,(H,27,35)(H,31,32)/t23-/m1/s1. The lowest BCUT2D eigenvalue weighted by atomic mass is 9.95. The first kappa shape index (κ1) is 21.8. The van der Waals surface area contributed by atoms with Crippen LogP contribution in [0.4, 0.5) is 5.69 Å². The number of nitrogens with one attached hydrogen (secondary N) is 4. The van der Waals surface area contributed by atoms with Crippen molar-refractivity contribution < 1.29 is 9.59 Å². The summed E-state index contributed by atoms with van der Waals surface area (Å²) >= 11 is 0. The van der Waals surface area contributed by atoms with E-state index in [9.17, 15) is 9.59 Å². The molecule has 0 saturated carbocycles. The second-order valence-corrected chi connectivity index (χ2v) is 8.74. The highest BCUT2D eigenvalue weighted by Crippen LogP contribution is 2.31. The second-order valence-electron chi connectivity index (χ2n) is 8.74. The molecule has 180 valence electrons. The number of benzene rings is 2. The molecular formula is C26H24N8O2. The van der Waals surface area contributed by atoms with E-state index in [2.05, 4.69) is 35.6 Å². The summed E-state index contributed by atoms with van der Waals surface area (Å²) in [5.74, 6) is -0.498. The lowest BCUT2D eigenvalue weighted by molar-refractivity contribution is -0.125. The predicted octanol–water partition coefficient (Wildman–Crippen LogP) is 2.76. The number of rotatable bonds is 5. The average molecular weight is 481 g/mol. The largest absolute Gasteiger partial charge is 0.379 e. The zero-order valence-electron chi connectivity index (χ0n) is 19.6. The van der Waals surface area contributed by atoms with Crippen LogP contribution in [0.2, 0.25) is 0 Å². The maximum atomic E-state index is 13.7. The molecule has 2 aromatic carbocycles. The molecule has 0 bridgehead atoms. The van der Waals surface area contributed by atoms with Crippen LogP contribution in [0.15, 0.2) is 61.2 Å². The van der Waals surface area contributed by atoms with Gasteiger partial charge in [-0.05, 0) is 29.8 Å². The molecule has 1 aliphatic heterocycles. The molecule has 0 fully saturated rings. The van der Waals surface area contributed by atoms with Crippen molar-refractivity contribution >= 4 is 39.4 Å². The van der Waals surface area contributed by atoms with E-state index in [4.69, 9.17) is 0 Å². The van der Waals surface area contributed by atoms with Gasteiger partial charge in [0.25, 0.3) is 5.91 Å². The van der Waals surface area contributed by atoms with E-state index >= 15 is 0 Å². The lowest BCUT2D eigenvalue weighted by Gasteiger charge is -2.34. The SMILES string of the molecule is CNC(=O)[C@H]1Cc2c([nH]c3ccccc23)CN1C(=O)c1nc[nH]c1CNc1ccc2nccnc2c1. The van der Waals surface area contributed by atoms with Crippen LogP contribution in [0.5, 0.6) is 0 Å². The van der Waals surface area contributed by atoms with Gasteiger partial charge in [-0.2, -0.15) is 0 Å². The second kappa shape index (κ2) is 8.81. The highest BCUT2D eigenvalue weighted by Gasteiger charge is 2.37. The minimum Gasteiger partial charge on any atom is -0.379 e. The molecule has 0 unspecified atom stereocenters. The maximum absolute atomic E-state index is 13.7. The van der Waals surface area contributed by atoms with Gasteiger partial charge in [0.05, 0.1) is 36.1 Å². The summed E-state index contributed by atoms with van der Waals surface area (Å²) in [5.41, 5.74) is 6.37. The van der Waals surface area contributed by atoms with Crippen LogP contribution >= 0.6 is 0 Å². The number of fused-ring (bicyclic) bond motifs is 4. The number of likely N-dealkylation sites (N-methyl/N-ethyl adjacent to an activating group) is 1. The molecule has 0 aliphatic carbocycles. The zero-order chi connectivity index (χ0) is 24.6. The topological polar surface area (TPSA) is 132 Å². The van der Waals surface area contributed by atoms with Crippen molar-refractivity contribution in [2.75, 3.05) is 12.4 Å². The maximum Gasteiger partial charge on any atom is 0.275 e. The third kappa shape index (κ3) is 3.72. The molecule has 6 rings (SSSR count). The van der Waals surface area contributed by atoms with E-state index in [0.717, 1.165) is 38.9 Å². The Balaban J connectivity index is 1.27. The summed E-state index contributed by atoms with van der Waals surface area (Å²) in [6.07, 6.45) is 5.24. The van der Waals surface area contributed by atoms with Gasteiger partial charge in [-0.15, -0.1) is 0 Å². The Morgan fingerprint density at radius 3 is 2.78 bits per heavy atom. The fraction of sp³-hybridized carbons (Fsp3) is 0.192. The number of carbonyl (C=O) groups is 2. The number of imidazole rings is 1. The van der Waals surface area contributed by atoms with Gasteiger partial charge in [-0.3, -0.25) is 19.6 Å². The fourth-order valence-corrected chi connectivity index (χ4v) is 4.86. The number of nitrogens with zero attached hydrogens (tertiary/aromatic N) is 4. The molecule has 0 saturated heterocycles. The number of carbonyl (C=O) groups excluding carboxylic acids is 2. The zero-order valence-corrected chi connectivity index (χ0v) is 19.6. The summed E-state index contributed by atoms with van der Waals surface area (Å²) in [4.78, 5) is 47.6. The van der Waals surface area contributed by atoms with Crippen molar-refractivity contribution in [1.82, 2.24) is 35.1 Å². The minimum atomic E-state index is -0.634. The Hall–Kier alpha value is -4.73. The Morgan fingerprint density at radius 2 is 1.92 bits per heavy atom. The van der Waals surface area contributed by atoms with Gasteiger partial charge < -0.3 is 25.5 Å². The Labute approximate surface area is 206 Å². The van der Waals surface area contributed by atoms with Crippen molar-refractivity contribution in [3.8, 4) is 0 Å². The predicted molar refractivity (Wildman–Crippen MR) is 135 cm³/mol. The van der Waals surface area contributed by atoms with Crippen molar-refractivity contribution in [2.45, 2.75) is 25.6 Å². The molecule has 0 spiro atoms. The molecule has 1 aliphatic rings. The van der Waals surface area contributed by atoms with Crippen LogP contribution in [-0.4, -0.2) is 54.7 Å². The van der Waals surface area contributed by atoms with E-state index in [0.29, 0.717) is 25.2 Å². The summed E-state index contributed by atoms with van der Waals surface area (Å²) in [5, 5.41) is 7.12. The number of anilines is 1. The number of H-pyrrole nitrogens is 2. The summed E-state index contributed by atoms with van der Waals surface area (Å²) in [6, 6.07) is 13.1. The van der Waals surface area contributed by atoms with Crippen molar-refractivity contribution in [2.24, 2.45) is 0 Å². The number of para-hydroxylation sites is 1. The van der Waals surface area contributed by atoms with Gasteiger partial charge >= 0.3 is 0 Å². The smallest absolute Gasteiger partial charge is 0.275 e. The Bertz CT molecular complexity index is 1600. The van der Waals surface area contributed by atoms with E-state index in [1.54, 1.807) is 24.3 Å². The fourth-order valence-electron chi connectivity index (χ4n) is 4.86. The first-order valence-corrected chi connectivity index (χ1v) is 11.7. The molecule has 10 heteroatoms. The van der Waals surface area contributed by atoms with Crippen molar-refractivity contribution in [3.63, 3.8) is 0 Å². The van der Waals surface area contributed by atoms with Crippen LogP contribution in [-0.2, 0) is 24.3 Å². The monoisotopic (exact) mass is 480 g/mol. The van der Waals surface area contributed by atoms with E-state index < -0.39 is 6.04 Å². The molecule has 36 heavy (non-hydrogen) atoms. The molecule has 4 N–H and O–H groups in total. The summed E-state index contributed by atoms with van der Waals surface area (Å²) in [6.45, 7) is 0.646. The van der Waals surface area contributed by atoms with Crippen LogP contribution in [0.25, 0.3) is 21.9 Å². The molecule has 3 aromatic heterocycles. The number of aromatic nitrogens is 5. The van der Waals surface area contributed by atoms with Crippen molar-refractivity contribution in [1.29, 1.82) is 0 Å². The summed E-state index contributed by atoms with van der Waals surface area (Å²) in [7, 11) is 1.59. The van der Waals surface area contributed by atoms with Gasteiger partial charge in [-0.25, -0.2) is 4.98 Å². The van der Waals surface area contributed by atoms with Gasteiger partial charge in [0.1, 0.15) is 6.04 Å². The number of amides is 2. The highest BCUT2D eigenvalue weighted by atomic mass is 16.2. The first-order chi connectivity index (χ1) is 17.6. The lowest BCUT2D eigenvalue weighted by Crippen LogP contribution is -2.52. The molecule has 0 radical (unpaired) electrons. The van der Waals surface area contributed by atoms with Gasteiger partial charge in [0.2, 0.25) is 5.91 Å². The molecule has 10 nitrogen and oxygen atoms in total.